The monoisotopic (exact) mass is 406 g/mol. The number of ether oxygens (including phenoxy) is 1. The molecule has 1 heterocycles. The standard InChI is InChI=1S/C20H20Cl2N2O3/c1-27-16-4-2-3-13(11-16)20(26)24-9-7-15(8-10-24)23-19(25)17-12-14(21)5-6-18(17)22/h2-6,11-12,15H,7-10H2,1H3,(H,23,25). The van der Waals surface area contributed by atoms with Gasteiger partial charge in [0.15, 0.2) is 0 Å². The van der Waals surface area contributed by atoms with Gasteiger partial charge in [-0.15, -0.1) is 0 Å². The van der Waals surface area contributed by atoms with Crippen molar-refractivity contribution in [2.24, 2.45) is 0 Å². The normalized spacial score (nSPS) is 14.7. The molecule has 2 aromatic rings. The molecule has 0 aromatic heterocycles. The molecule has 0 spiro atoms. The molecule has 3 rings (SSSR count). The summed E-state index contributed by atoms with van der Waals surface area (Å²) in [5.74, 6) is 0.373. The number of halogens is 2. The minimum atomic E-state index is -0.250. The van der Waals surface area contributed by atoms with E-state index in [0.717, 1.165) is 0 Å². The maximum Gasteiger partial charge on any atom is 0.253 e. The van der Waals surface area contributed by atoms with E-state index in [1.54, 1.807) is 54.5 Å². The van der Waals surface area contributed by atoms with E-state index in [2.05, 4.69) is 5.32 Å². The number of methoxy groups -OCH3 is 1. The number of carbonyl (C=O) groups excluding carboxylic acids is 2. The fourth-order valence-electron chi connectivity index (χ4n) is 3.10. The highest BCUT2D eigenvalue weighted by molar-refractivity contribution is 6.35. The number of rotatable bonds is 4. The van der Waals surface area contributed by atoms with Gasteiger partial charge in [0, 0.05) is 29.7 Å². The van der Waals surface area contributed by atoms with Crippen LogP contribution in [0.1, 0.15) is 33.6 Å². The SMILES string of the molecule is COc1cccc(C(=O)N2CCC(NC(=O)c3cc(Cl)ccc3Cl)CC2)c1. The predicted molar refractivity (Wildman–Crippen MR) is 106 cm³/mol. The number of benzene rings is 2. The van der Waals surface area contributed by atoms with E-state index in [1.165, 1.54) is 0 Å². The Kier molecular flexibility index (Phi) is 6.24. The van der Waals surface area contributed by atoms with Gasteiger partial charge in [-0.2, -0.15) is 0 Å². The molecule has 1 aliphatic heterocycles. The molecule has 1 fully saturated rings. The Hall–Kier alpha value is -2.24. The molecule has 27 heavy (non-hydrogen) atoms. The minimum Gasteiger partial charge on any atom is -0.497 e. The molecule has 142 valence electrons. The molecule has 0 saturated carbocycles. The van der Waals surface area contributed by atoms with Crippen LogP contribution in [-0.4, -0.2) is 43.0 Å². The lowest BCUT2D eigenvalue weighted by molar-refractivity contribution is 0.0697. The van der Waals surface area contributed by atoms with Crippen LogP contribution in [0.4, 0.5) is 0 Å². The Balaban J connectivity index is 1.57. The molecule has 1 N–H and O–H groups in total. The number of nitrogens with zero attached hydrogens (tertiary/aromatic N) is 1. The van der Waals surface area contributed by atoms with E-state index < -0.39 is 0 Å². The summed E-state index contributed by atoms with van der Waals surface area (Å²) in [5.41, 5.74) is 0.960. The van der Waals surface area contributed by atoms with Crippen molar-refractivity contribution in [1.82, 2.24) is 10.2 Å². The Morgan fingerprint density at radius 2 is 1.85 bits per heavy atom. The van der Waals surface area contributed by atoms with Gasteiger partial charge in [-0.1, -0.05) is 29.3 Å². The van der Waals surface area contributed by atoms with Crippen LogP contribution in [-0.2, 0) is 0 Å². The molecule has 1 saturated heterocycles. The highest BCUT2D eigenvalue weighted by atomic mass is 35.5. The van der Waals surface area contributed by atoms with Gasteiger partial charge in [0.05, 0.1) is 17.7 Å². The minimum absolute atomic E-state index is 0.0121. The zero-order chi connectivity index (χ0) is 19.4. The van der Waals surface area contributed by atoms with Gasteiger partial charge in [-0.25, -0.2) is 0 Å². The highest BCUT2D eigenvalue weighted by Gasteiger charge is 2.25. The number of likely N-dealkylation sites (tertiary alicyclic amines) is 1. The molecule has 0 radical (unpaired) electrons. The first kappa shape index (κ1) is 19.5. The molecular formula is C20H20Cl2N2O3. The van der Waals surface area contributed by atoms with Gasteiger partial charge in [-0.3, -0.25) is 9.59 Å². The van der Waals surface area contributed by atoms with Crippen molar-refractivity contribution in [2.45, 2.75) is 18.9 Å². The lowest BCUT2D eigenvalue weighted by Crippen LogP contribution is -2.46. The Morgan fingerprint density at radius 3 is 2.56 bits per heavy atom. The van der Waals surface area contributed by atoms with E-state index >= 15 is 0 Å². The van der Waals surface area contributed by atoms with Gasteiger partial charge >= 0.3 is 0 Å². The number of hydrogen-bond acceptors (Lipinski definition) is 3. The Bertz CT molecular complexity index is 849. The van der Waals surface area contributed by atoms with Gasteiger partial charge in [0.25, 0.3) is 11.8 Å². The summed E-state index contributed by atoms with van der Waals surface area (Å²) in [5, 5.41) is 3.81. The fourth-order valence-corrected chi connectivity index (χ4v) is 3.48. The van der Waals surface area contributed by atoms with Crippen molar-refractivity contribution in [3.05, 3.63) is 63.6 Å². The average Bonchev–Trinajstić information content (AvgIpc) is 2.69. The van der Waals surface area contributed by atoms with Gasteiger partial charge in [-0.05, 0) is 49.2 Å². The van der Waals surface area contributed by atoms with Gasteiger partial charge < -0.3 is 15.0 Å². The summed E-state index contributed by atoms with van der Waals surface area (Å²) < 4.78 is 5.17. The maximum absolute atomic E-state index is 12.7. The molecule has 0 bridgehead atoms. The quantitative estimate of drug-likeness (QED) is 0.833. The molecule has 0 atom stereocenters. The molecular weight excluding hydrogens is 387 g/mol. The second-order valence-corrected chi connectivity index (χ2v) is 7.24. The summed E-state index contributed by atoms with van der Waals surface area (Å²) in [6, 6.07) is 11.9. The van der Waals surface area contributed by atoms with E-state index in [1.807, 2.05) is 0 Å². The smallest absolute Gasteiger partial charge is 0.253 e. The maximum atomic E-state index is 12.7. The van der Waals surface area contributed by atoms with E-state index in [-0.39, 0.29) is 17.9 Å². The van der Waals surface area contributed by atoms with Crippen LogP contribution in [0.5, 0.6) is 5.75 Å². The summed E-state index contributed by atoms with van der Waals surface area (Å²) >= 11 is 12.0. The number of carbonyl (C=O) groups is 2. The average molecular weight is 407 g/mol. The zero-order valence-electron chi connectivity index (χ0n) is 14.9. The van der Waals surface area contributed by atoms with Crippen LogP contribution in [0.15, 0.2) is 42.5 Å². The van der Waals surface area contributed by atoms with Crippen LogP contribution < -0.4 is 10.1 Å². The predicted octanol–water partition coefficient (Wildman–Crippen LogP) is 4.04. The summed E-state index contributed by atoms with van der Waals surface area (Å²) in [6.45, 7) is 1.15. The summed E-state index contributed by atoms with van der Waals surface area (Å²) in [4.78, 5) is 26.9. The summed E-state index contributed by atoms with van der Waals surface area (Å²) in [6.07, 6.45) is 1.36. The topological polar surface area (TPSA) is 58.6 Å². The van der Waals surface area contributed by atoms with E-state index in [4.69, 9.17) is 27.9 Å². The third kappa shape index (κ3) is 4.73. The van der Waals surface area contributed by atoms with Gasteiger partial charge in [0.1, 0.15) is 5.75 Å². The van der Waals surface area contributed by atoms with Crippen molar-refractivity contribution >= 4 is 35.0 Å². The molecule has 1 aliphatic rings. The van der Waals surface area contributed by atoms with Crippen LogP contribution in [0, 0.1) is 0 Å². The highest BCUT2D eigenvalue weighted by Crippen LogP contribution is 2.22. The van der Waals surface area contributed by atoms with Crippen molar-refractivity contribution in [1.29, 1.82) is 0 Å². The zero-order valence-corrected chi connectivity index (χ0v) is 16.4. The van der Waals surface area contributed by atoms with Crippen molar-refractivity contribution in [3.8, 4) is 5.75 Å². The van der Waals surface area contributed by atoms with Crippen LogP contribution in [0.25, 0.3) is 0 Å². The third-order valence-electron chi connectivity index (χ3n) is 4.61. The first-order valence-electron chi connectivity index (χ1n) is 8.67. The molecule has 0 aliphatic carbocycles. The van der Waals surface area contributed by atoms with E-state index in [9.17, 15) is 9.59 Å². The first-order chi connectivity index (χ1) is 13.0. The van der Waals surface area contributed by atoms with E-state index in [0.29, 0.717) is 52.9 Å². The second kappa shape index (κ2) is 8.63. The molecule has 0 unspecified atom stereocenters. The Labute approximate surface area is 168 Å². The van der Waals surface area contributed by atoms with Crippen LogP contribution in [0.2, 0.25) is 10.0 Å². The number of piperidine rings is 1. The third-order valence-corrected chi connectivity index (χ3v) is 5.17. The van der Waals surface area contributed by atoms with Crippen molar-refractivity contribution in [3.63, 3.8) is 0 Å². The number of amides is 2. The Morgan fingerprint density at radius 1 is 1.11 bits per heavy atom. The van der Waals surface area contributed by atoms with Crippen molar-refractivity contribution < 1.29 is 14.3 Å². The first-order valence-corrected chi connectivity index (χ1v) is 9.43. The van der Waals surface area contributed by atoms with Crippen molar-refractivity contribution in [2.75, 3.05) is 20.2 Å². The molecule has 7 heteroatoms. The number of nitrogens with one attached hydrogen (secondary N) is 1. The summed E-state index contributed by atoms with van der Waals surface area (Å²) in [7, 11) is 1.57. The van der Waals surface area contributed by atoms with Gasteiger partial charge in [0.2, 0.25) is 0 Å². The molecule has 2 aromatic carbocycles. The fraction of sp³-hybridized carbons (Fsp3) is 0.300. The number of hydrogen-bond donors (Lipinski definition) is 1. The molecule has 5 nitrogen and oxygen atoms in total. The second-order valence-electron chi connectivity index (χ2n) is 6.40. The lowest BCUT2D eigenvalue weighted by atomic mass is 10.0. The van der Waals surface area contributed by atoms with Crippen LogP contribution in [0.3, 0.4) is 0 Å². The molecule has 2 amide bonds. The van der Waals surface area contributed by atoms with Crippen LogP contribution >= 0.6 is 23.2 Å². The lowest BCUT2D eigenvalue weighted by Gasteiger charge is -2.32. The largest absolute Gasteiger partial charge is 0.497 e.